The SMILES string of the molecule is Cc1cc(S(=O)(=O)NC2CCSCC2)cc(N)c1Cl. The fraction of sp³-hybridized carbons (Fsp3) is 0.500. The van der Waals surface area contributed by atoms with Crippen molar-refractivity contribution in [3.8, 4) is 0 Å². The van der Waals surface area contributed by atoms with Gasteiger partial charge in [-0.2, -0.15) is 11.8 Å². The molecule has 0 spiro atoms. The third-order valence-electron chi connectivity index (χ3n) is 3.11. The van der Waals surface area contributed by atoms with Gasteiger partial charge < -0.3 is 5.73 Å². The second-order valence-electron chi connectivity index (χ2n) is 4.65. The number of anilines is 1. The van der Waals surface area contributed by atoms with Crippen LogP contribution in [0.25, 0.3) is 0 Å². The van der Waals surface area contributed by atoms with E-state index in [-0.39, 0.29) is 10.9 Å². The summed E-state index contributed by atoms with van der Waals surface area (Å²) in [5, 5.41) is 0.410. The fourth-order valence-corrected chi connectivity index (χ4v) is 4.66. The van der Waals surface area contributed by atoms with Crippen molar-refractivity contribution in [2.24, 2.45) is 0 Å². The van der Waals surface area contributed by atoms with Crippen LogP contribution in [0.2, 0.25) is 5.02 Å². The maximum atomic E-state index is 12.3. The van der Waals surface area contributed by atoms with Crippen LogP contribution in [-0.4, -0.2) is 26.0 Å². The van der Waals surface area contributed by atoms with Gasteiger partial charge in [-0.05, 0) is 49.0 Å². The lowest BCUT2D eigenvalue weighted by molar-refractivity contribution is 0.529. The predicted molar refractivity (Wildman–Crippen MR) is 81.3 cm³/mol. The Balaban J connectivity index is 2.24. The summed E-state index contributed by atoms with van der Waals surface area (Å²) in [6.45, 7) is 1.75. The van der Waals surface area contributed by atoms with E-state index in [1.165, 1.54) is 6.07 Å². The van der Waals surface area contributed by atoms with Gasteiger partial charge in [0.2, 0.25) is 10.0 Å². The van der Waals surface area contributed by atoms with Crippen molar-refractivity contribution in [3.63, 3.8) is 0 Å². The van der Waals surface area contributed by atoms with Crippen molar-refractivity contribution in [2.45, 2.75) is 30.7 Å². The normalized spacial score (nSPS) is 17.6. The Morgan fingerprint density at radius 1 is 1.37 bits per heavy atom. The molecular weight excluding hydrogens is 304 g/mol. The molecule has 3 N–H and O–H groups in total. The lowest BCUT2D eigenvalue weighted by Gasteiger charge is -2.22. The zero-order valence-electron chi connectivity index (χ0n) is 10.6. The van der Waals surface area contributed by atoms with Crippen LogP contribution in [0.3, 0.4) is 0 Å². The molecule has 1 saturated heterocycles. The molecule has 2 rings (SSSR count). The lowest BCUT2D eigenvalue weighted by atomic mass is 10.2. The highest BCUT2D eigenvalue weighted by molar-refractivity contribution is 7.99. The van der Waals surface area contributed by atoms with Crippen LogP contribution in [0, 0.1) is 6.92 Å². The Morgan fingerprint density at radius 3 is 2.58 bits per heavy atom. The Kier molecular flexibility index (Phi) is 4.66. The number of nitrogen functional groups attached to an aromatic ring is 1. The molecule has 0 bridgehead atoms. The molecule has 0 aliphatic carbocycles. The monoisotopic (exact) mass is 320 g/mol. The fourth-order valence-electron chi connectivity index (χ4n) is 2.02. The highest BCUT2D eigenvalue weighted by Gasteiger charge is 2.23. The maximum Gasteiger partial charge on any atom is 0.240 e. The van der Waals surface area contributed by atoms with Crippen molar-refractivity contribution in [1.29, 1.82) is 0 Å². The molecule has 1 heterocycles. The number of hydrogen-bond acceptors (Lipinski definition) is 4. The first-order valence-electron chi connectivity index (χ1n) is 6.06. The molecule has 1 aliphatic rings. The van der Waals surface area contributed by atoms with Crippen molar-refractivity contribution in [3.05, 3.63) is 22.7 Å². The van der Waals surface area contributed by atoms with Gasteiger partial charge in [0.05, 0.1) is 15.6 Å². The lowest BCUT2D eigenvalue weighted by Crippen LogP contribution is -2.37. The van der Waals surface area contributed by atoms with E-state index < -0.39 is 10.0 Å². The molecule has 0 radical (unpaired) electrons. The predicted octanol–water partition coefficient (Wildman–Crippen LogP) is 2.40. The Bertz CT molecular complexity index is 546. The summed E-state index contributed by atoms with van der Waals surface area (Å²) in [5.74, 6) is 1.99. The minimum atomic E-state index is -3.52. The van der Waals surface area contributed by atoms with E-state index in [2.05, 4.69) is 4.72 Å². The van der Waals surface area contributed by atoms with Gasteiger partial charge in [-0.25, -0.2) is 13.1 Å². The molecule has 1 fully saturated rings. The van der Waals surface area contributed by atoms with Gasteiger partial charge in [0.1, 0.15) is 0 Å². The summed E-state index contributed by atoms with van der Waals surface area (Å²) in [5.41, 5.74) is 6.68. The number of halogens is 1. The molecule has 4 nitrogen and oxygen atoms in total. The van der Waals surface area contributed by atoms with Crippen LogP contribution in [0.4, 0.5) is 5.69 Å². The van der Waals surface area contributed by atoms with Gasteiger partial charge >= 0.3 is 0 Å². The third-order valence-corrected chi connectivity index (χ3v) is 6.17. The van der Waals surface area contributed by atoms with Crippen LogP contribution < -0.4 is 10.5 Å². The molecule has 0 aromatic heterocycles. The van der Waals surface area contributed by atoms with Crippen LogP contribution in [0.15, 0.2) is 17.0 Å². The summed E-state index contributed by atoms with van der Waals surface area (Å²) in [6.07, 6.45) is 1.73. The van der Waals surface area contributed by atoms with E-state index in [1.54, 1.807) is 13.0 Å². The molecule has 106 valence electrons. The van der Waals surface area contributed by atoms with Gasteiger partial charge in [-0.3, -0.25) is 0 Å². The second-order valence-corrected chi connectivity index (χ2v) is 7.97. The number of benzene rings is 1. The highest BCUT2D eigenvalue weighted by atomic mass is 35.5. The smallest absolute Gasteiger partial charge is 0.240 e. The van der Waals surface area contributed by atoms with Gasteiger partial charge in [0, 0.05) is 6.04 Å². The van der Waals surface area contributed by atoms with E-state index in [0.29, 0.717) is 16.3 Å². The zero-order valence-corrected chi connectivity index (χ0v) is 13.0. The highest BCUT2D eigenvalue weighted by Crippen LogP contribution is 2.27. The first-order chi connectivity index (χ1) is 8.90. The van der Waals surface area contributed by atoms with Crippen molar-refractivity contribution < 1.29 is 8.42 Å². The van der Waals surface area contributed by atoms with E-state index in [9.17, 15) is 8.42 Å². The van der Waals surface area contributed by atoms with E-state index in [0.717, 1.165) is 24.3 Å². The van der Waals surface area contributed by atoms with Gasteiger partial charge in [0.25, 0.3) is 0 Å². The molecule has 1 aromatic rings. The van der Waals surface area contributed by atoms with Crippen LogP contribution in [0.1, 0.15) is 18.4 Å². The summed E-state index contributed by atoms with van der Waals surface area (Å²) in [6, 6.07) is 2.98. The number of sulfonamides is 1. The van der Waals surface area contributed by atoms with Gasteiger partial charge in [-0.1, -0.05) is 11.6 Å². The minimum Gasteiger partial charge on any atom is -0.397 e. The number of aryl methyl sites for hydroxylation is 1. The van der Waals surface area contributed by atoms with Crippen LogP contribution >= 0.6 is 23.4 Å². The second kappa shape index (κ2) is 5.91. The molecule has 0 amide bonds. The molecule has 0 atom stereocenters. The Labute approximate surface area is 123 Å². The molecular formula is C12H17ClN2O2S2. The molecule has 0 unspecified atom stereocenters. The van der Waals surface area contributed by atoms with Crippen LogP contribution in [0.5, 0.6) is 0 Å². The largest absolute Gasteiger partial charge is 0.397 e. The molecule has 0 saturated carbocycles. The maximum absolute atomic E-state index is 12.3. The first-order valence-corrected chi connectivity index (χ1v) is 9.07. The summed E-state index contributed by atoms with van der Waals surface area (Å²) in [4.78, 5) is 0.185. The number of thioether (sulfide) groups is 1. The Hall–Kier alpha value is -0.430. The van der Waals surface area contributed by atoms with E-state index >= 15 is 0 Å². The average Bonchev–Trinajstić information content (AvgIpc) is 2.36. The van der Waals surface area contributed by atoms with Crippen molar-refractivity contribution in [1.82, 2.24) is 4.72 Å². The van der Waals surface area contributed by atoms with Gasteiger partial charge in [0.15, 0.2) is 0 Å². The molecule has 1 aliphatic heterocycles. The van der Waals surface area contributed by atoms with E-state index in [1.807, 2.05) is 11.8 Å². The van der Waals surface area contributed by atoms with Crippen molar-refractivity contribution in [2.75, 3.05) is 17.2 Å². The van der Waals surface area contributed by atoms with E-state index in [4.69, 9.17) is 17.3 Å². The van der Waals surface area contributed by atoms with Gasteiger partial charge in [-0.15, -0.1) is 0 Å². The average molecular weight is 321 g/mol. The number of rotatable bonds is 3. The Morgan fingerprint density at radius 2 is 2.00 bits per heavy atom. The number of hydrogen-bond donors (Lipinski definition) is 2. The minimum absolute atomic E-state index is 0.0171. The first kappa shape index (κ1) is 15.0. The number of nitrogens with one attached hydrogen (secondary N) is 1. The molecule has 19 heavy (non-hydrogen) atoms. The summed E-state index contributed by atoms with van der Waals surface area (Å²) < 4.78 is 27.3. The molecule has 7 heteroatoms. The summed E-state index contributed by atoms with van der Waals surface area (Å²) >= 11 is 7.80. The standard InChI is InChI=1S/C12H17ClN2O2S2/c1-8-6-10(7-11(14)12(8)13)19(16,17)15-9-2-4-18-5-3-9/h6-7,9,15H,2-5,14H2,1H3. The quantitative estimate of drug-likeness (QED) is 0.839. The van der Waals surface area contributed by atoms with Crippen molar-refractivity contribution >= 4 is 39.1 Å². The molecule has 1 aromatic carbocycles. The topological polar surface area (TPSA) is 72.2 Å². The third kappa shape index (κ3) is 3.56. The van der Waals surface area contributed by atoms with Crippen LogP contribution in [-0.2, 0) is 10.0 Å². The zero-order chi connectivity index (χ0) is 14.0. The number of nitrogens with two attached hydrogens (primary N) is 1. The summed E-state index contributed by atoms with van der Waals surface area (Å²) in [7, 11) is -3.52.